The smallest absolute Gasteiger partial charge is 0.247 e. The van der Waals surface area contributed by atoms with Crippen molar-refractivity contribution >= 4 is 5.95 Å². The van der Waals surface area contributed by atoms with Crippen molar-refractivity contribution in [2.45, 2.75) is 26.1 Å². The first-order valence-electron chi connectivity index (χ1n) is 7.03. The highest BCUT2D eigenvalue weighted by Crippen LogP contribution is 2.22. The summed E-state index contributed by atoms with van der Waals surface area (Å²) in [4.78, 5) is 0. The van der Waals surface area contributed by atoms with Crippen LogP contribution >= 0.6 is 0 Å². The third kappa shape index (κ3) is 3.20. The fourth-order valence-corrected chi connectivity index (χ4v) is 2.26. The molecular weight excluding hydrogens is 270 g/mol. The number of hydrogen-bond donors (Lipinski definition) is 1. The van der Waals surface area contributed by atoms with Crippen LogP contribution in [-0.2, 0) is 9.47 Å². The molecule has 3 rings (SSSR count). The first-order chi connectivity index (χ1) is 10.2. The van der Waals surface area contributed by atoms with Crippen LogP contribution in [0.1, 0.15) is 18.9 Å². The molecule has 2 aromatic rings. The molecule has 1 saturated heterocycles. The third-order valence-corrected chi connectivity index (χ3v) is 3.51. The summed E-state index contributed by atoms with van der Waals surface area (Å²) in [6, 6.07) is 8.03. The van der Waals surface area contributed by atoms with Crippen molar-refractivity contribution in [1.82, 2.24) is 20.2 Å². The molecule has 1 aliphatic heterocycles. The highest BCUT2D eigenvalue weighted by atomic mass is 16.7. The minimum absolute atomic E-state index is 0.505. The van der Waals surface area contributed by atoms with E-state index in [1.807, 2.05) is 38.1 Å². The normalized spacial score (nSPS) is 17.0. The first-order valence-corrected chi connectivity index (χ1v) is 7.03. The summed E-state index contributed by atoms with van der Waals surface area (Å²) in [6.07, 6.45) is 0.730. The van der Waals surface area contributed by atoms with E-state index in [2.05, 4.69) is 20.8 Å². The van der Waals surface area contributed by atoms with Gasteiger partial charge in [-0.2, -0.15) is 4.68 Å². The Kier molecular flexibility index (Phi) is 3.85. The number of hydrogen-bond acceptors (Lipinski definition) is 6. The Morgan fingerprint density at radius 1 is 1.24 bits per heavy atom. The minimum Gasteiger partial charge on any atom is -0.353 e. The number of nitrogens with one attached hydrogen (secondary N) is 1. The van der Waals surface area contributed by atoms with Gasteiger partial charge in [0.05, 0.1) is 18.9 Å². The van der Waals surface area contributed by atoms with Crippen molar-refractivity contribution in [2.75, 3.05) is 25.1 Å². The van der Waals surface area contributed by atoms with E-state index in [0.717, 1.165) is 12.1 Å². The van der Waals surface area contributed by atoms with Crippen molar-refractivity contribution in [1.29, 1.82) is 0 Å². The van der Waals surface area contributed by atoms with Gasteiger partial charge in [0.15, 0.2) is 5.79 Å². The number of benzene rings is 1. The van der Waals surface area contributed by atoms with Gasteiger partial charge in [0.25, 0.3) is 0 Å². The van der Waals surface area contributed by atoms with E-state index in [1.54, 1.807) is 4.68 Å². The summed E-state index contributed by atoms with van der Waals surface area (Å²) in [5, 5.41) is 15.0. The topological polar surface area (TPSA) is 74.1 Å². The Morgan fingerprint density at radius 3 is 2.67 bits per heavy atom. The van der Waals surface area contributed by atoms with Crippen LogP contribution in [-0.4, -0.2) is 45.8 Å². The number of ether oxygens (including phenoxy) is 2. The highest BCUT2D eigenvalue weighted by Gasteiger charge is 2.30. The Morgan fingerprint density at radius 2 is 1.95 bits per heavy atom. The van der Waals surface area contributed by atoms with Gasteiger partial charge < -0.3 is 14.8 Å². The van der Waals surface area contributed by atoms with E-state index in [0.29, 0.717) is 25.7 Å². The lowest BCUT2D eigenvalue weighted by atomic mass is 10.2. The average Bonchev–Trinajstić information content (AvgIpc) is 3.10. The van der Waals surface area contributed by atoms with Crippen LogP contribution in [0.2, 0.25) is 0 Å². The maximum absolute atomic E-state index is 5.57. The summed E-state index contributed by atoms with van der Waals surface area (Å²) < 4.78 is 12.8. The quantitative estimate of drug-likeness (QED) is 0.900. The van der Waals surface area contributed by atoms with Gasteiger partial charge in [-0.05, 0) is 36.4 Å². The fourth-order valence-electron chi connectivity index (χ4n) is 2.26. The van der Waals surface area contributed by atoms with Gasteiger partial charge in [0.2, 0.25) is 5.95 Å². The molecule has 0 spiro atoms. The molecule has 1 fully saturated rings. The summed E-state index contributed by atoms with van der Waals surface area (Å²) in [5.74, 6) is 0.107. The summed E-state index contributed by atoms with van der Waals surface area (Å²) in [5.41, 5.74) is 2.12. The maximum Gasteiger partial charge on any atom is 0.247 e. The molecule has 1 aromatic heterocycles. The Bertz CT molecular complexity index is 590. The third-order valence-electron chi connectivity index (χ3n) is 3.51. The summed E-state index contributed by atoms with van der Waals surface area (Å²) in [6.45, 7) is 5.97. The molecule has 0 unspecified atom stereocenters. The largest absolute Gasteiger partial charge is 0.353 e. The standard InChI is InChI=1S/C14H19N5O2/c1-11-3-5-12(6-4-11)19-13(16-17-18-19)15-8-7-14(2)20-9-10-21-14/h3-6H,7-10H2,1-2H3,(H,15,16,18). The predicted molar refractivity (Wildman–Crippen MR) is 77.3 cm³/mol. The SMILES string of the molecule is Cc1ccc(-n2nnnc2NCCC2(C)OCCO2)cc1. The zero-order chi connectivity index (χ0) is 14.7. The predicted octanol–water partition coefficient (Wildman–Crippen LogP) is 1.54. The number of rotatable bonds is 5. The van der Waals surface area contributed by atoms with Gasteiger partial charge in [-0.25, -0.2) is 0 Å². The van der Waals surface area contributed by atoms with Gasteiger partial charge in [-0.3, -0.25) is 0 Å². The number of tetrazole rings is 1. The number of nitrogens with zero attached hydrogens (tertiary/aromatic N) is 4. The molecule has 0 radical (unpaired) electrons. The average molecular weight is 289 g/mol. The van der Waals surface area contributed by atoms with Crippen molar-refractivity contribution < 1.29 is 9.47 Å². The molecule has 0 amide bonds. The number of anilines is 1. The number of aryl methyl sites for hydroxylation is 1. The monoisotopic (exact) mass is 289 g/mol. The molecule has 0 aliphatic carbocycles. The van der Waals surface area contributed by atoms with Crippen molar-refractivity contribution in [3.05, 3.63) is 29.8 Å². The highest BCUT2D eigenvalue weighted by molar-refractivity contribution is 5.39. The van der Waals surface area contributed by atoms with Crippen LogP contribution in [0.4, 0.5) is 5.95 Å². The zero-order valence-electron chi connectivity index (χ0n) is 12.2. The van der Waals surface area contributed by atoms with Crippen LogP contribution < -0.4 is 5.32 Å². The van der Waals surface area contributed by atoms with Crippen molar-refractivity contribution in [3.63, 3.8) is 0 Å². The molecule has 7 heteroatoms. The van der Waals surface area contributed by atoms with Gasteiger partial charge in [-0.15, -0.1) is 0 Å². The molecule has 1 N–H and O–H groups in total. The van der Waals surface area contributed by atoms with E-state index in [4.69, 9.17) is 9.47 Å². The van der Waals surface area contributed by atoms with Gasteiger partial charge >= 0.3 is 0 Å². The van der Waals surface area contributed by atoms with Crippen LogP contribution in [0.15, 0.2) is 24.3 Å². The minimum atomic E-state index is -0.505. The van der Waals surface area contributed by atoms with Gasteiger partial charge in [0, 0.05) is 13.0 Å². The molecule has 2 heterocycles. The van der Waals surface area contributed by atoms with E-state index >= 15 is 0 Å². The first kappa shape index (κ1) is 14.0. The maximum atomic E-state index is 5.57. The molecular formula is C14H19N5O2. The summed E-state index contributed by atoms with van der Waals surface area (Å²) in [7, 11) is 0. The lowest BCUT2D eigenvalue weighted by molar-refractivity contribution is -0.144. The van der Waals surface area contributed by atoms with Crippen LogP contribution in [0, 0.1) is 6.92 Å². The molecule has 1 aliphatic rings. The van der Waals surface area contributed by atoms with Crippen LogP contribution in [0.25, 0.3) is 5.69 Å². The lowest BCUT2D eigenvalue weighted by Gasteiger charge is -2.22. The second kappa shape index (κ2) is 5.79. The number of aromatic nitrogens is 4. The second-order valence-corrected chi connectivity index (χ2v) is 5.26. The Hall–Kier alpha value is -1.99. The van der Waals surface area contributed by atoms with Gasteiger partial charge in [0.1, 0.15) is 0 Å². The van der Waals surface area contributed by atoms with E-state index in [9.17, 15) is 0 Å². The molecule has 0 atom stereocenters. The van der Waals surface area contributed by atoms with Crippen molar-refractivity contribution in [2.24, 2.45) is 0 Å². The molecule has 1 aromatic carbocycles. The summed E-state index contributed by atoms with van der Waals surface area (Å²) >= 11 is 0. The van der Waals surface area contributed by atoms with Crippen LogP contribution in [0.3, 0.4) is 0 Å². The van der Waals surface area contributed by atoms with E-state index < -0.39 is 5.79 Å². The Labute approximate surface area is 123 Å². The molecule has 7 nitrogen and oxygen atoms in total. The van der Waals surface area contributed by atoms with Gasteiger partial charge in [-0.1, -0.05) is 22.8 Å². The van der Waals surface area contributed by atoms with E-state index in [-0.39, 0.29) is 0 Å². The molecule has 0 saturated carbocycles. The molecule has 21 heavy (non-hydrogen) atoms. The lowest BCUT2D eigenvalue weighted by Crippen LogP contribution is -2.28. The van der Waals surface area contributed by atoms with Crippen molar-refractivity contribution in [3.8, 4) is 5.69 Å². The Balaban J connectivity index is 1.64. The zero-order valence-corrected chi connectivity index (χ0v) is 12.2. The molecule has 112 valence electrons. The van der Waals surface area contributed by atoms with E-state index in [1.165, 1.54) is 5.56 Å². The van der Waals surface area contributed by atoms with Crippen LogP contribution in [0.5, 0.6) is 0 Å². The molecule has 0 bridgehead atoms. The fraction of sp³-hybridized carbons (Fsp3) is 0.500. The second-order valence-electron chi connectivity index (χ2n) is 5.26.